The lowest BCUT2D eigenvalue weighted by molar-refractivity contribution is -0.133. The van der Waals surface area contributed by atoms with Gasteiger partial charge in [-0.2, -0.15) is 25.3 Å². The van der Waals surface area contributed by atoms with Crippen LogP contribution in [0.2, 0.25) is 0 Å². The highest BCUT2D eigenvalue weighted by Gasteiger charge is 2.29. The van der Waals surface area contributed by atoms with Crippen LogP contribution in [0.1, 0.15) is 13.8 Å². The summed E-state index contributed by atoms with van der Waals surface area (Å²) in [5.74, 6) is -0.971. The number of rotatable bonds is 7. The van der Waals surface area contributed by atoms with E-state index in [2.05, 4.69) is 35.9 Å². The summed E-state index contributed by atoms with van der Waals surface area (Å²) in [6.07, 6.45) is 0. The lowest BCUT2D eigenvalue weighted by atomic mass is 9.95. The molecule has 6 nitrogen and oxygen atoms in total. The normalized spacial score (nSPS) is 12.7. The third-order valence-corrected chi connectivity index (χ3v) is 3.41. The smallest absolute Gasteiger partial charge is 0.243 e. The molecular weight excluding hydrogens is 274 g/mol. The first-order chi connectivity index (χ1) is 8.24. The fraction of sp³-hybridized carbons (Fsp3) is 0.700. The van der Waals surface area contributed by atoms with E-state index in [0.29, 0.717) is 5.75 Å². The quantitative estimate of drug-likeness (QED) is 0.387. The van der Waals surface area contributed by atoms with Crippen molar-refractivity contribution in [3.63, 3.8) is 0 Å². The van der Waals surface area contributed by atoms with Crippen molar-refractivity contribution in [2.24, 2.45) is 11.1 Å². The number of primary amides is 1. The van der Waals surface area contributed by atoms with Crippen molar-refractivity contribution >= 4 is 43.0 Å². The molecule has 104 valence electrons. The zero-order valence-electron chi connectivity index (χ0n) is 10.4. The lowest BCUT2D eigenvalue weighted by Crippen LogP contribution is -2.52. The molecule has 0 aliphatic heterocycles. The summed E-state index contributed by atoms with van der Waals surface area (Å²) in [6, 6.07) is -0.806. The summed E-state index contributed by atoms with van der Waals surface area (Å²) >= 11 is 8.06. The number of nitrogens with one attached hydrogen (secondary N) is 2. The Kier molecular flexibility index (Phi) is 7.15. The highest BCUT2D eigenvalue weighted by atomic mass is 32.1. The van der Waals surface area contributed by atoms with Crippen LogP contribution in [-0.4, -0.2) is 41.8 Å². The minimum atomic E-state index is -0.806. The van der Waals surface area contributed by atoms with E-state index in [1.165, 1.54) is 0 Å². The maximum Gasteiger partial charge on any atom is 0.243 e. The fourth-order valence-electron chi connectivity index (χ4n) is 0.917. The van der Waals surface area contributed by atoms with Gasteiger partial charge in [-0.05, 0) is 0 Å². The van der Waals surface area contributed by atoms with Crippen LogP contribution in [0.4, 0.5) is 0 Å². The van der Waals surface area contributed by atoms with Crippen molar-refractivity contribution in [2.45, 2.75) is 19.9 Å². The molecule has 1 atom stereocenters. The molecule has 0 aromatic heterocycles. The SMILES string of the molecule is CC(C)(CS)C(=O)N[C@H](CS)C(=O)NCC(N)=O. The Hall–Kier alpha value is -0.890. The molecule has 4 N–H and O–H groups in total. The van der Waals surface area contributed by atoms with Crippen molar-refractivity contribution in [2.75, 3.05) is 18.1 Å². The topological polar surface area (TPSA) is 101 Å². The molecule has 18 heavy (non-hydrogen) atoms. The van der Waals surface area contributed by atoms with Gasteiger partial charge in [0.15, 0.2) is 0 Å². The van der Waals surface area contributed by atoms with Gasteiger partial charge in [0, 0.05) is 11.5 Å². The number of carbonyl (C=O) groups excluding carboxylic acids is 3. The predicted molar refractivity (Wildman–Crippen MR) is 75.6 cm³/mol. The van der Waals surface area contributed by atoms with E-state index in [1.54, 1.807) is 13.8 Å². The molecule has 8 heteroatoms. The third-order valence-electron chi connectivity index (χ3n) is 2.25. The predicted octanol–water partition coefficient (Wildman–Crippen LogP) is -1.04. The molecule has 0 aromatic rings. The molecule has 0 fully saturated rings. The van der Waals surface area contributed by atoms with Crippen LogP contribution in [0.3, 0.4) is 0 Å². The second-order valence-electron chi connectivity index (χ2n) is 4.43. The van der Waals surface area contributed by atoms with Gasteiger partial charge in [0.25, 0.3) is 0 Å². The summed E-state index contributed by atoms with van der Waals surface area (Å²) in [6.45, 7) is 3.16. The first-order valence-corrected chi connectivity index (χ1v) is 6.59. The van der Waals surface area contributed by atoms with Gasteiger partial charge in [0.1, 0.15) is 6.04 Å². The van der Waals surface area contributed by atoms with Gasteiger partial charge in [-0.25, -0.2) is 0 Å². The fourth-order valence-corrected chi connectivity index (χ4v) is 1.32. The Morgan fingerprint density at radius 3 is 2.22 bits per heavy atom. The van der Waals surface area contributed by atoms with Gasteiger partial charge in [-0.1, -0.05) is 13.8 Å². The average molecular weight is 293 g/mol. The van der Waals surface area contributed by atoms with Crippen LogP contribution in [0.15, 0.2) is 0 Å². The molecule has 0 radical (unpaired) electrons. The monoisotopic (exact) mass is 293 g/mol. The van der Waals surface area contributed by atoms with Crippen LogP contribution in [0.25, 0.3) is 0 Å². The highest BCUT2D eigenvalue weighted by Crippen LogP contribution is 2.16. The molecule has 0 saturated heterocycles. The summed E-state index contributed by atoms with van der Waals surface area (Å²) < 4.78 is 0. The zero-order valence-corrected chi connectivity index (χ0v) is 12.2. The maximum absolute atomic E-state index is 11.8. The molecule has 0 aliphatic carbocycles. The molecule has 0 spiro atoms. The average Bonchev–Trinajstić information content (AvgIpc) is 2.32. The van der Waals surface area contributed by atoms with Crippen LogP contribution in [0.5, 0.6) is 0 Å². The second kappa shape index (κ2) is 7.52. The standard InChI is InChI=1S/C10H19N3O3S2/c1-10(2,5-18)9(16)13-6(4-17)8(15)12-3-7(11)14/h6,17-18H,3-5H2,1-2H3,(H2,11,14)(H,12,15)(H,13,16)/t6-/m1/s1. The minimum Gasteiger partial charge on any atom is -0.368 e. The summed E-state index contributed by atoms with van der Waals surface area (Å²) in [5.41, 5.74) is 4.22. The van der Waals surface area contributed by atoms with E-state index in [4.69, 9.17) is 5.73 Å². The van der Waals surface area contributed by atoms with Gasteiger partial charge < -0.3 is 16.4 Å². The minimum absolute atomic E-state index is 0.124. The Bertz CT molecular complexity index is 334. The van der Waals surface area contributed by atoms with E-state index in [0.717, 1.165) is 0 Å². The molecule has 3 amide bonds. The summed E-state index contributed by atoms with van der Waals surface area (Å²) in [4.78, 5) is 34.0. The lowest BCUT2D eigenvalue weighted by Gasteiger charge is -2.24. The van der Waals surface area contributed by atoms with Crippen LogP contribution in [0, 0.1) is 5.41 Å². The largest absolute Gasteiger partial charge is 0.368 e. The van der Waals surface area contributed by atoms with E-state index < -0.39 is 23.3 Å². The van der Waals surface area contributed by atoms with E-state index >= 15 is 0 Å². The van der Waals surface area contributed by atoms with Gasteiger partial charge in [0.05, 0.1) is 12.0 Å². The Labute approximate surface area is 117 Å². The van der Waals surface area contributed by atoms with Gasteiger partial charge >= 0.3 is 0 Å². The number of thiol groups is 2. The Morgan fingerprint density at radius 1 is 1.28 bits per heavy atom. The van der Waals surface area contributed by atoms with Crippen molar-refractivity contribution < 1.29 is 14.4 Å². The zero-order chi connectivity index (χ0) is 14.3. The molecule has 0 aromatic carbocycles. The maximum atomic E-state index is 11.8. The number of amides is 3. The molecule has 0 bridgehead atoms. The van der Waals surface area contributed by atoms with Crippen molar-refractivity contribution in [1.82, 2.24) is 10.6 Å². The highest BCUT2D eigenvalue weighted by molar-refractivity contribution is 7.80. The van der Waals surface area contributed by atoms with E-state index in [1.807, 2.05) is 0 Å². The Morgan fingerprint density at radius 2 is 1.83 bits per heavy atom. The number of carbonyl (C=O) groups is 3. The molecular formula is C10H19N3O3S2. The van der Waals surface area contributed by atoms with Crippen LogP contribution < -0.4 is 16.4 Å². The summed E-state index contributed by atoms with van der Waals surface area (Å²) in [7, 11) is 0. The van der Waals surface area contributed by atoms with E-state index in [-0.39, 0.29) is 18.2 Å². The number of hydrogen-bond acceptors (Lipinski definition) is 5. The molecule has 0 rings (SSSR count). The van der Waals surface area contributed by atoms with Gasteiger partial charge in [-0.3, -0.25) is 14.4 Å². The number of nitrogens with two attached hydrogens (primary N) is 1. The molecule has 0 unspecified atom stereocenters. The van der Waals surface area contributed by atoms with Gasteiger partial charge in [-0.15, -0.1) is 0 Å². The van der Waals surface area contributed by atoms with Gasteiger partial charge in [0.2, 0.25) is 17.7 Å². The summed E-state index contributed by atoms with van der Waals surface area (Å²) in [5, 5.41) is 4.86. The second-order valence-corrected chi connectivity index (χ2v) is 5.12. The van der Waals surface area contributed by atoms with Crippen LogP contribution >= 0.6 is 25.3 Å². The number of hydrogen-bond donors (Lipinski definition) is 5. The van der Waals surface area contributed by atoms with Crippen LogP contribution in [-0.2, 0) is 14.4 Å². The first-order valence-electron chi connectivity index (χ1n) is 5.33. The van der Waals surface area contributed by atoms with Crippen molar-refractivity contribution in [3.05, 3.63) is 0 Å². The van der Waals surface area contributed by atoms with E-state index in [9.17, 15) is 14.4 Å². The molecule has 0 saturated carbocycles. The first kappa shape index (κ1) is 17.1. The third kappa shape index (κ3) is 5.63. The molecule has 0 heterocycles. The van der Waals surface area contributed by atoms with Crippen molar-refractivity contribution in [3.8, 4) is 0 Å². The Balaban J connectivity index is 4.47. The molecule has 0 aliphatic rings. The van der Waals surface area contributed by atoms with Crippen molar-refractivity contribution in [1.29, 1.82) is 0 Å².